The van der Waals surface area contributed by atoms with E-state index in [2.05, 4.69) is 21.2 Å². The number of carbonyl (C=O) groups is 1. The smallest absolute Gasteiger partial charge is 0.407 e. The summed E-state index contributed by atoms with van der Waals surface area (Å²) in [6, 6.07) is 15.5. The van der Waals surface area contributed by atoms with Crippen molar-refractivity contribution in [2.45, 2.75) is 33.0 Å². The third-order valence-corrected chi connectivity index (χ3v) is 3.66. The van der Waals surface area contributed by atoms with Crippen molar-refractivity contribution in [3.8, 4) is 11.5 Å². The Morgan fingerprint density at radius 2 is 1.77 bits per heavy atom. The Bertz CT molecular complexity index is 713. The standard InChI is InChI=1S/C20H24BrNO4/c1-20(2,3)26-19(23)22-11-12-24-17-10-9-16(21)13-18(17)25-14-15-7-5-4-6-8-15/h4-10,13H,11-12,14H2,1-3H3,(H,22,23). The first kappa shape index (κ1) is 20.1. The molecule has 2 aromatic carbocycles. The molecule has 0 saturated heterocycles. The van der Waals surface area contributed by atoms with Gasteiger partial charge in [-0.3, -0.25) is 0 Å². The molecule has 2 aromatic rings. The first-order chi connectivity index (χ1) is 12.3. The van der Waals surface area contributed by atoms with Gasteiger partial charge in [0.05, 0.1) is 6.54 Å². The van der Waals surface area contributed by atoms with Crippen molar-refractivity contribution >= 4 is 22.0 Å². The lowest BCUT2D eigenvalue weighted by molar-refractivity contribution is 0.0520. The number of alkyl carbamates (subject to hydrolysis) is 1. The number of carbonyl (C=O) groups excluding carboxylic acids is 1. The quantitative estimate of drug-likeness (QED) is 0.643. The van der Waals surface area contributed by atoms with Crippen molar-refractivity contribution in [1.82, 2.24) is 5.32 Å². The Balaban J connectivity index is 1.86. The summed E-state index contributed by atoms with van der Waals surface area (Å²) in [6.07, 6.45) is -0.461. The van der Waals surface area contributed by atoms with Crippen LogP contribution in [0.2, 0.25) is 0 Å². The zero-order valence-corrected chi connectivity index (χ0v) is 16.8. The van der Waals surface area contributed by atoms with Gasteiger partial charge < -0.3 is 19.5 Å². The fourth-order valence-corrected chi connectivity index (χ4v) is 2.42. The monoisotopic (exact) mass is 421 g/mol. The van der Waals surface area contributed by atoms with Gasteiger partial charge in [-0.1, -0.05) is 46.3 Å². The summed E-state index contributed by atoms with van der Waals surface area (Å²) in [5.74, 6) is 1.26. The second-order valence-corrected chi connectivity index (χ2v) is 7.56. The number of ether oxygens (including phenoxy) is 3. The average molecular weight is 422 g/mol. The van der Waals surface area contributed by atoms with Crippen LogP contribution in [-0.4, -0.2) is 24.8 Å². The van der Waals surface area contributed by atoms with Crippen molar-refractivity contribution < 1.29 is 19.0 Å². The highest BCUT2D eigenvalue weighted by Gasteiger charge is 2.15. The zero-order valence-electron chi connectivity index (χ0n) is 15.3. The Morgan fingerprint density at radius 1 is 1.04 bits per heavy atom. The number of benzene rings is 2. The normalized spacial score (nSPS) is 10.9. The predicted octanol–water partition coefficient (Wildman–Crippen LogP) is 4.93. The molecule has 140 valence electrons. The van der Waals surface area contributed by atoms with Gasteiger partial charge in [0, 0.05) is 4.47 Å². The molecule has 0 fully saturated rings. The maximum Gasteiger partial charge on any atom is 0.407 e. The lowest BCUT2D eigenvalue weighted by atomic mass is 10.2. The second-order valence-electron chi connectivity index (χ2n) is 6.64. The third kappa shape index (κ3) is 7.35. The number of hydrogen-bond acceptors (Lipinski definition) is 4. The third-order valence-electron chi connectivity index (χ3n) is 3.17. The molecular formula is C20H24BrNO4. The molecule has 0 unspecified atom stereocenters. The minimum Gasteiger partial charge on any atom is -0.488 e. The van der Waals surface area contributed by atoms with E-state index in [0.29, 0.717) is 31.3 Å². The van der Waals surface area contributed by atoms with Crippen molar-refractivity contribution in [2.24, 2.45) is 0 Å². The average Bonchev–Trinajstić information content (AvgIpc) is 2.57. The van der Waals surface area contributed by atoms with Gasteiger partial charge in [-0.05, 0) is 44.5 Å². The summed E-state index contributed by atoms with van der Waals surface area (Å²) in [4.78, 5) is 11.6. The molecule has 2 rings (SSSR count). The molecule has 6 heteroatoms. The predicted molar refractivity (Wildman–Crippen MR) is 105 cm³/mol. The van der Waals surface area contributed by atoms with Crippen LogP contribution in [0.1, 0.15) is 26.3 Å². The summed E-state index contributed by atoms with van der Waals surface area (Å²) >= 11 is 3.44. The Kier molecular flexibility index (Phi) is 7.33. The highest BCUT2D eigenvalue weighted by atomic mass is 79.9. The summed E-state index contributed by atoms with van der Waals surface area (Å²) < 4.78 is 17.7. The van der Waals surface area contributed by atoms with Crippen LogP contribution in [0, 0.1) is 0 Å². The number of hydrogen-bond donors (Lipinski definition) is 1. The number of amides is 1. The molecule has 5 nitrogen and oxygen atoms in total. The maximum absolute atomic E-state index is 11.6. The summed E-state index contributed by atoms with van der Waals surface area (Å²) in [6.45, 7) is 6.55. The van der Waals surface area contributed by atoms with Crippen LogP contribution in [-0.2, 0) is 11.3 Å². The number of halogens is 1. The van der Waals surface area contributed by atoms with Crippen LogP contribution in [0.4, 0.5) is 4.79 Å². The molecule has 0 radical (unpaired) electrons. The molecular weight excluding hydrogens is 398 g/mol. The maximum atomic E-state index is 11.6. The topological polar surface area (TPSA) is 56.8 Å². The van der Waals surface area contributed by atoms with Crippen LogP contribution in [0.5, 0.6) is 11.5 Å². The fraction of sp³-hybridized carbons (Fsp3) is 0.350. The van der Waals surface area contributed by atoms with Crippen LogP contribution < -0.4 is 14.8 Å². The largest absolute Gasteiger partial charge is 0.488 e. The molecule has 1 N–H and O–H groups in total. The minimum absolute atomic E-state index is 0.308. The number of nitrogens with one attached hydrogen (secondary N) is 1. The highest BCUT2D eigenvalue weighted by Crippen LogP contribution is 2.31. The molecule has 0 bridgehead atoms. The Labute approximate surface area is 162 Å². The van der Waals surface area contributed by atoms with Crippen molar-refractivity contribution in [3.05, 3.63) is 58.6 Å². The van der Waals surface area contributed by atoms with Crippen molar-refractivity contribution in [1.29, 1.82) is 0 Å². The van der Waals surface area contributed by atoms with Crippen LogP contribution in [0.25, 0.3) is 0 Å². The minimum atomic E-state index is -0.519. The van der Waals surface area contributed by atoms with Crippen molar-refractivity contribution in [2.75, 3.05) is 13.2 Å². The van der Waals surface area contributed by atoms with Crippen LogP contribution >= 0.6 is 15.9 Å². The zero-order chi connectivity index (χ0) is 19.0. The van der Waals surface area contributed by atoms with Gasteiger partial charge in [0.2, 0.25) is 0 Å². The molecule has 0 aliphatic rings. The molecule has 26 heavy (non-hydrogen) atoms. The van der Waals surface area contributed by atoms with E-state index < -0.39 is 11.7 Å². The Hall–Kier alpha value is -2.21. The summed E-state index contributed by atoms with van der Waals surface area (Å²) in [5.41, 5.74) is 0.555. The van der Waals surface area contributed by atoms with Gasteiger partial charge in [-0.15, -0.1) is 0 Å². The molecule has 0 atom stereocenters. The van der Waals surface area contributed by atoms with Crippen LogP contribution in [0.3, 0.4) is 0 Å². The van der Waals surface area contributed by atoms with E-state index >= 15 is 0 Å². The molecule has 0 saturated carbocycles. The molecule has 0 spiro atoms. The first-order valence-electron chi connectivity index (χ1n) is 8.39. The van der Waals surface area contributed by atoms with Gasteiger partial charge >= 0.3 is 6.09 Å². The molecule has 1 amide bonds. The lowest BCUT2D eigenvalue weighted by Crippen LogP contribution is -2.34. The molecule has 0 aromatic heterocycles. The summed E-state index contributed by atoms with van der Waals surface area (Å²) in [7, 11) is 0. The van der Waals surface area contributed by atoms with Crippen LogP contribution in [0.15, 0.2) is 53.0 Å². The number of rotatable bonds is 7. The van der Waals surface area contributed by atoms with Gasteiger partial charge in [0.25, 0.3) is 0 Å². The van der Waals surface area contributed by atoms with E-state index in [1.165, 1.54) is 0 Å². The van der Waals surface area contributed by atoms with E-state index in [4.69, 9.17) is 14.2 Å². The highest BCUT2D eigenvalue weighted by molar-refractivity contribution is 9.10. The molecule has 0 aliphatic heterocycles. The SMILES string of the molecule is CC(C)(C)OC(=O)NCCOc1ccc(Br)cc1OCc1ccccc1. The van der Waals surface area contributed by atoms with Gasteiger partial charge in [-0.25, -0.2) is 4.79 Å². The van der Waals surface area contributed by atoms with Gasteiger partial charge in [0.1, 0.15) is 18.8 Å². The molecule has 0 aliphatic carbocycles. The Morgan fingerprint density at radius 3 is 2.46 bits per heavy atom. The first-order valence-corrected chi connectivity index (χ1v) is 9.19. The summed E-state index contributed by atoms with van der Waals surface area (Å²) in [5, 5.41) is 2.66. The van der Waals surface area contributed by atoms with E-state index in [1.807, 2.05) is 69.3 Å². The van der Waals surface area contributed by atoms with E-state index in [1.54, 1.807) is 0 Å². The lowest BCUT2D eigenvalue weighted by Gasteiger charge is -2.19. The van der Waals surface area contributed by atoms with Crippen molar-refractivity contribution in [3.63, 3.8) is 0 Å². The molecule has 0 heterocycles. The van der Waals surface area contributed by atoms with E-state index in [0.717, 1.165) is 10.0 Å². The second kappa shape index (κ2) is 9.48. The fourth-order valence-electron chi connectivity index (χ4n) is 2.08. The van der Waals surface area contributed by atoms with Gasteiger partial charge in [0.15, 0.2) is 11.5 Å². The van der Waals surface area contributed by atoms with Gasteiger partial charge in [-0.2, -0.15) is 0 Å². The van der Waals surface area contributed by atoms with E-state index in [9.17, 15) is 4.79 Å². The van der Waals surface area contributed by atoms with E-state index in [-0.39, 0.29) is 0 Å².